The van der Waals surface area contributed by atoms with E-state index in [0.29, 0.717) is 19.6 Å². The van der Waals surface area contributed by atoms with Crippen LogP contribution in [0.25, 0.3) is 0 Å². The number of rotatable bonds is 4. The molecule has 1 aromatic carbocycles. The van der Waals surface area contributed by atoms with Crippen molar-refractivity contribution in [3.63, 3.8) is 0 Å². The molecule has 3 rings (SSSR count). The Labute approximate surface area is 131 Å². The average Bonchev–Trinajstić information content (AvgIpc) is 2.95. The summed E-state index contributed by atoms with van der Waals surface area (Å²) < 4.78 is 6.73. The molecule has 0 radical (unpaired) electrons. The first-order valence-electron chi connectivity index (χ1n) is 6.83. The number of fused-ring (bicyclic) bond motifs is 1. The summed E-state index contributed by atoms with van der Waals surface area (Å²) in [5, 5.41) is 11.0. The van der Waals surface area contributed by atoms with E-state index in [-0.39, 0.29) is 5.02 Å². The maximum atomic E-state index is 12.0. The molecule has 1 aliphatic heterocycles. The molecule has 1 aromatic heterocycles. The number of benzene rings is 1. The van der Waals surface area contributed by atoms with Crippen LogP contribution in [-0.2, 0) is 19.4 Å². The molecule has 0 unspecified atom stereocenters. The monoisotopic (exact) mass is 320 g/mol. The number of aromatic nitrogens is 1. The zero-order valence-electron chi connectivity index (χ0n) is 11.6. The Balaban J connectivity index is 1.82. The standard InChI is InChI=1S/C15H13ClN2O4/c16-12-8-13(18(20)21)15(19)17(9-12)5-3-10-1-2-14-11(7-10)4-6-22-14/h1-2,7-9H,3-6H2. The van der Waals surface area contributed by atoms with Gasteiger partial charge in [-0.25, -0.2) is 0 Å². The lowest BCUT2D eigenvalue weighted by Gasteiger charge is -2.07. The second-order valence-electron chi connectivity index (χ2n) is 5.09. The first-order chi connectivity index (χ1) is 10.5. The van der Waals surface area contributed by atoms with Gasteiger partial charge in [0.1, 0.15) is 5.75 Å². The van der Waals surface area contributed by atoms with Crippen LogP contribution in [0.3, 0.4) is 0 Å². The summed E-state index contributed by atoms with van der Waals surface area (Å²) in [5.74, 6) is 0.902. The van der Waals surface area contributed by atoms with Crippen LogP contribution >= 0.6 is 11.6 Å². The quantitative estimate of drug-likeness (QED) is 0.641. The Morgan fingerprint density at radius 2 is 2.18 bits per heavy atom. The lowest BCUT2D eigenvalue weighted by Crippen LogP contribution is -2.23. The third-order valence-corrected chi connectivity index (χ3v) is 3.83. The molecule has 0 aliphatic carbocycles. The number of aryl methyl sites for hydroxylation is 2. The minimum Gasteiger partial charge on any atom is -0.493 e. The van der Waals surface area contributed by atoms with Gasteiger partial charge in [-0.05, 0) is 23.6 Å². The molecule has 0 saturated heterocycles. The number of pyridine rings is 1. The van der Waals surface area contributed by atoms with Crippen molar-refractivity contribution >= 4 is 17.3 Å². The molecular weight excluding hydrogens is 308 g/mol. The van der Waals surface area contributed by atoms with E-state index < -0.39 is 16.2 Å². The molecule has 0 spiro atoms. The van der Waals surface area contributed by atoms with Crippen molar-refractivity contribution in [1.82, 2.24) is 4.57 Å². The molecule has 0 saturated carbocycles. The first-order valence-corrected chi connectivity index (χ1v) is 7.21. The van der Waals surface area contributed by atoms with Crippen LogP contribution in [0.1, 0.15) is 11.1 Å². The fourth-order valence-electron chi connectivity index (χ4n) is 2.53. The van der Waals surface area contributed by atoms with E-state index in [1.807, 2.05) is 18.2 Å². The lowest BCUT2D eigenvalue weighted by molar-refractivity contribution is -0.386. The fourth-order valence-corrected chi connectivity index (χ4v) is 2.75. The van der Waals surface area contributed by atoms with E-state index in [1.54, 1.807) is 0 Å². The molecule has 114 valence electrons. The number of halogens is 1. The van der Waals surface area contributed by atoms with Crippen LogP contribution in [0.5, 0.6) is 5.75 Å². The Morgan fingerprint density at radius 1 is 1.36 bits per heavy atom. The maximum Gasteiger partial charge on any atom is 0.335 e. The molecule has 0 amide bonds. The van der Waals surface area contributed by atoms with E-state index in [1.165, 1.54) is 10.8 Å². The predicted octanol–water partition coefficient (Wildman–Crippen LogP) is 2.59. The molecule has 2 heterocycles. The van der Waals surface area contributed by atoms with Crippen molar-refractivity contribution in [3.8, 4) is 5.75 Å². The van der Waals surface area contributed by atoms with Crippen molar-refractivity contribution in [2.24, 2.45) is 0 Å². The van der Waals surface area contributed by atoms with E-state index in [9.17, 15) is 14.9 Å². The lowest BCUT2D eigenvalue weighted by atomic mass is 10.1. The van der Waals surface area contributed by atoms with Crippen LogP contribution in [0.4, 0.5) is 5.69 Å². The maximum absolute atomic E-state index is 12.0. The summed E-state index contributed by atoms with van der Waals surface area (Å²) in [4.78, 5) is 22.2. The zero-order chi connectivity index (χ0) is 15.7. The third-order valence-electron chi connectivity index (χ3n) is 3.63. The van der Waals surface area contributed by atoms with E-state index >= 15 is 0 Å². The second-order valence-corrected chi connectivity index (χ2v) is 5.53. The van der Waals surface area contributed by atoms with Gasteiger partial charge in [0, 0.05) is 25.2 Å². The summed E-state index contributed by atoms with van der Waals surface area (Å²) in [6, 6.07) is 6.98. The summed E-state index contributed by atoms with van der Waals surface area (Å²) in [7, 11) is 0. The van der Waals surface area contributed by atoms with Gasteiger partial charge in [0.05, 0.1) is 16.6 Å². The Bertz CT molecular complexity index is 801. The summed E-state index contributed by atoms with van der Waals surface area (Å²) in [5.41, 5.74) is 1.06. The molecule has 22 heavy (non-hydrogen) atoms. The Morgan fingerprint density at radius 3 is 2.95 bits per heavy atom. The fraction of sp³-hybridized carbons (Fsp3) is 0.267. The molecule has 7 heteroatoms. The van der Waals surface area contributed by atoms with Gasteiger partial charge in [0.2, 0.25) is 0 Å². The number of hydrogen-bond acceptors (Lipinski definition) is 4. The summed E-state index contributed by atoms with van der Waals surface area (Å²) in [6.45, 7) is 1.03. The predicted molar refractivity (Wildman–Crippen MR) is 81.7 cm³/mol. The van der Waals surface area contributed by atoms with Gasteiger partial charge < -0.3 is 9.30 Å². The van der Waals surface area contributed by atoms with Crippen LogP contribution in [0.15, 0.2) is 35.3 Å². The van der Waals surface area contributed by atoms with Crippen molar-refractivity contribution < 1.29 is 9.66 Å². The summed E-state index contributed by atoms with van der Waals surface area (Å²) >= 11 is 5.84. The average molecular weight is 321 g/mol. The van der Waals surface area contributed by atoms with Crippen LogP contribution in [0, 0.1) is 10.1 Å². The molecule has 6 nitrogen and oxygen atoms in total. The number of nitrogens with zero attached hydrogens (tertiary/aromatic N) is 2. The van der Waals surface area contributed by atoms with Crippen LogP contribution in [-0.4, -0.2) is 16.1 Å². The first kappa shape index (κ1) is 14.6. The van der Waals surface area contributed by atoms with E-state index in [4.69, 9.17) is 16.3 Å². The molecule has 0 N–H and O–H groups in total. The van der Waals surface area contributed by atoms with Crippen molar-refractivity contribution in [2.75, 3.05) is 6.61 Å². The van der Waals surface area contributed by atoms with Crippen molar-refractivity contribution in [1.29, 1.82) is 0 Å². The Hall–Kier alpha value is -2.34. The highest BCUT2D eigenvalue weighted by Crippen LogP contribution is 2.26. The highest BCUT2D eigenvalue weighted by molar-refractivity contribution is 6.30. The van der Waals surface area contributed by atoms with Gasteiger partial charge in [-0.3, -0.25) is 14.9 Å². The van der Waals surface area contributed by atoms with Crippen LogP contribution < -0.4 is 10.3 Å². The van der Waals surface area contributed by atoms with Crippen LogP contribution in [0.2, 0.25) is 5.02 Å². The van der Waals surface area contributed by atoms with Gasteiger partial charge in [-0.2, -0.15) is 0 Å². The van der Waals surface area contributed by atoms with Gasteiger partial charge in [0.25, 0.3) is 0 Å². The third kappa shape index (κ3) is 2.82. The van der Waals surface area contributed by atoms with Crippen molar-refractivity contribution in [2.45, 2.75) is 19.4 Å². The van der Waals surface area contributed by atoms with Gasteiger partial charge in [-0.15, -0.1) is 0 Å². The number of ether oxygens (including phenoxy) is 1. The Kier molecular flexibility index (Phi) is 3.85. The highest BCUT2D eigenvalue weighted by atomic mass is 35.5. The van der Waals surface area contributed by atoms with Gasteiger partial charge in [-0.1, -0.05) is 23.7 Å². The van der Waals surface area contributed by atoms with E-state index in [0.717, 1.165) is 29.4 Å². The molecule has 0 atom stereocenters. The number of hydrogen-bond donors (Lipinski definition) is 0. The van der Waals surface area contributed by atoms with E-state index in [2.05, 4.69) is 0 Å². The minimum atomic E-state index is -0.711. The normalized spacial score (nSPS) is 12.8. The SMILES string of the molecule is O=c1c([N+](=O)[O-])cc(Cl)cn1CCc1ccc2c(c1)CCO2. The van der Waals surface area contributed by atoms with Gasteiger partial charge >= 0.3 is 11.2 Å². The molecule has 0 bridgehead atoms. The van der Waals surface area contributed by atoms with Crippen molar-refractivity contribution in [3.05, 3.63) is 67.1 Å². The number of nitro groups is 1. The second kappa shape index (κ2) is 5.81. The largest absolute Gasteiger partial charge is 0.493 e. The highest BCUT2D eigenvalue weighted by Gasteiger charge is 2.16. The summed E-state index contributed by atoms with van der Waals surface area (Å²) in [6.07, 6.45) is 2.89. The molecular formula is C15H13ClN2O4. The molecule has 0 fully saturated rings. The zero-order valence-corrected chi connectivity index (χ0v) is 12.4. The minimum absolute atomic E-state index is 0.175. The smallest absolute Gasteiger partial charge is 0.335 e. The molecule has 1 aliphatic rings. The molecule has 2 aromatic rings. The van der Waals surface area contributed by atoms with Gasteiger partial charge in [0.15, 0.2) is 0 Å². The topological polar surface area (TPSA) is 74.4 Å².